The molecule has 1 aromatic carbocycles. The number of hydrogen-bond acceptors (Lipinski definition) is 3. The van der Waals surface area contributed by atoms with Crippen LogP contribution in [0.4, 0.5) is 4.39 Å². The number of pyridine rings is 1. The first kappa shape index (κ1) is 15.9. The van der Waals surface area contributed by atoms with Gasteiger partial charge in [-0.25, -0.2) is 9.37 Å². The summed E-state index contributed by atoms with van der Waals surface area (Å²) in [5.74, 6) is -2.70. The minimum absolute atomic E-state index is 0.315. The lowest BCUT2D eigenvalue weighted by Gasteiger charge is -2.18. The molecular formula is C15H12ClFN2O3. The minimum Gasteiger partial charge on any atom is -0.481 e. The molecular weight excluding hydrogens is 311 g/mol. The van der Waals surface area contributed by atoms with Crippen molar-refractivity contribution >= 4 is 23.5 Å². The van der Waals surface area contributed by atoms with Crippen molar-refractivity contribution < 1.29 is 19.1 Å². The molecule has 2 aromatic rings. The van der Waals surface area contributed by atoms with Crippen LogP contribution in [0.5, 0.6) is 0 Å². The molecule has 0 bridgehead atoms. The number of amides is 1. The van der Waals surface area contributed by atoms with E-state index in [0.717, 1.165) is 6.07 Å². The smallest absolute Gasteiger partial charge is 0.305 e. The Morgan fingerprint density at radius 3 is 2.64 bits per heavy atom. The molecule has 7 heteroatoms. The number of nitrogens with zero attached hydrogens (tertiary/aromatic N) is 1. The van der Waals surface area contributed by atoms with E-state index in [2.05, 4.69) is 10.3 Å². The molecule has 0 aliphatic heterocycles. The van der Waals surface area contributed by atoms with E-state index < -0.39 is 29.4 Å². The molecule has 0 fully saturated rings. The zero-order chi connectivity index (χ0) is 16.1. The van der Waals surface area contributed by atoms with Gasteiger partial charge in [0, 0.05) is 11.2 Å². The van der Waals surface area contributed by atoms with E-state index in [-0.39, 0.29) is 6.42 Å². The first-order valence-corrected chi connectivity index (χ1v) is 6.74. The molecule has 114 valence electrons. The van der Waals surface area contributed by atoms with Crippen LogP contribution in [0.25, 0.3) is 0 Å². The maximum atomic E-state index is 13.6. The van der Waals surface area contributed by atoms with Crippen LogP contribution in [0, 0.1) is 5.82 Å². The van der Waals surface area contributed by atoms with E-state index in [1.54, 1.807) is 24.3 Å². The van der Waals surface area contributed by atoms with Gasteiger partial charge in [0.05, 0.1) is 12.5 Å². The second-order valence-electron chi connectivity index (χ2n) is 4.48. The quantitative estimate of drug-likeness (QED) is 0.887. The zero-order valence-electron chi connectivity index (χ0n) is 11.3. The van der Waals surface area contributed by atoms with E-state index in [1.165, 1.54) is 12.3 Å². The average Bonchev–Trinajstić information content (AvgIpc) is 2.47. The number of carboxylic acids is 1. The molecule has 0 aliphatic rings. The largest absolute Gasteiger partial charge is 0.481 e. The highest BCUT2D eigenvalue weighted by Gasteiger charge is 2.22. The Labute approximate surface area is 130 Å². The maximum Gasteiger partial charge on any atom is 0.305 e. The Balaban J connectivity index is 2.28. The average molecular weight is 323 g/mol. The van der Waals surface area contributed by atoms with Gasteiger partial charge < -0.3 is 10.4 Å². The standard InChI is InChI=1S/C15H12ClFN2O3/c16-10-5-2-1-4-9(10)12(8-13(20)21)19-15(22)14-11(17)6-3-7-18-14/h1-7,12H,8H2,(H,19,22)(H,20,21)/t12-/m0/s1. The van der Waals surface area contributed by atoms with Gasteiger partial charge in [0.25, 0.3) is 5.91 Å². The topological polar surface area (TPSA) is 79.3 Å². The normalized spacial score (nSPS) is 11.7. The van der Waals surface area contributed by atoms with Gasteiger partial charge in [-0.1, -0.05) is 29.8 Å². The van der Waals surface area contributed by atoms with Crippen molar-refractivity contribution in [2.24, 2.45) is 0 Å². The fourth-order valence-corrected chi connectivity index (χ4v) is 2.22. The SMILES string of the molecule is O=C(O)C[C@H](NC(=O)c1ncccc1F)c1ccccc1Cl. The molecule has 1 atom stereocenters. The molecule has 0 saturated heterocycles. The predicted molar refractivity (Wildman–Crippen MR) is 78.1 cm³/mol. The Kier molecular flexibility index (Phi) is 5.06. The number of carbonyl (C=O) groups excluding carboxylic acids is 1. The summed E-state index contributed by atoms with van der Waals surface area (Å²) in [6, 6.07) is 8.11. The van der Waals surface area contributed by atoms with Gasteiger partial charge in [0.1, 0.15) is 0 Å². The van der Waals surface area contributed by atoms with Gasteiger partial charge in [0.2, 0.25) is 0 Å². The molecule has 0 aliphatic carbocycles. The molecule has 0 radical (unpaired) electrons. The van der Waals surface area contributed by atoms with E-state index in [0.29, 0.717) is 10.6 Å². The summed E-state index contributed by atoms with van der Waals surface area (Å²) in [5.41, 5.74) is 0.0428. The number of rotatable bonds is 5. The Morgan fingerprint density at radius 1 is 1.27 bits per heavy atom. The van der Waals surface area contributed by atoms with Crippen molar-refractivity contribution in [1.82, 2.24) is 10.3 Å². The lowest BCUT2D eigenvalue weighted by molar-refractivity contribution is -0.137. The van der Waals surface area contributed by atoms with Crippen LogP contribution in [-0.2, 0) is 4.79 Å². The van der Waals surface area contributed by atoms with Crippen molar-refractivity contribution in [1.29, 1.82) is 0 Å². The van der Waals surface area contributed by atoms with Gasteiger partial charge in [-0.15, -0.1) is 0 Å². The molecule has 0 unspecified atom stereocenters. The summed E-state index contributed by atoms with van der Waals surface area (Å²) in [6.45, 7) is 0. The molecule has 22 heavy (non-hydrogen) atoms. The maximum absolute atomic E-state index is 13.6. The number of hydrogen-bond donors (Lipinski definition) is 2. The third-order valence-corrected chi connectivity index (χ3v) is 3.28. The number of aromatic nitrogens is 1. The summed E-state index contributed by atoms with van der Waals surface area (Å²) < 4.78 is 13.6. The van der Waals surface area contributed by atoms with Crippen molar-refractivity contribution in [3.05, 3.63) is 64.7 Å². The first-order valence-electron chi connectivity index (χ1n) is 6.36. The number of nitrogens with one attached hydrogen (secondary N) is 1. The molecule has 0 saturated carbocycles. The van der Waals surface area contributed by atoms with Gasteiger partial charge in [-0.2, -0.15) is 0 Å². The van der Waals surface area contributed by atoms with Crippen LogP contribution < -0.4 is 5.32 Å². The zero-order valence-corrected chi connectivity index (χ0v) is 12.0. The number of carboxylic acid groups (broad SMARTS) is 1. The molecule has 2 N–H and O–H groups in total. The lowest BCUT2D eigenvalue weighted by Crippen LogP contribution is -2.31. The van der Waals surface area contributed by atoms with Crippen LogP contribution in [0.2, 0.25) is 5.02 Å². The van der Waals surface area contributed by atoms with E-state index in [4.69, 9.17) is 16.7 Å². The summed E-state index contributed by atoms with van der Waals surface area (Å²) in [4.78, 5) is 26.7. The van der Waals surface area contributed by atoms with E-state index in [1.807, 2.05) is 0 Å². The second kappa shape index (κ2) is 7.00. The van der Waals surface area contributed by atoms with Crippen molar-refractivity contribution in [3.8, 4) is 0 Å². The predicted octanol–water partition coefficient (Wildman–Crippen LogP) is 2.82. The molecule has 5 nitrogen and oxygen atoms in total. The summed E-state index contributed by atoms with van der Waals surface area (Å²) in [7, 11) is 0. The van der Waals surface area contributed by atoms with E-state index >= 15 is 0 Å². The number of halogens is 2. The summed E-state index contributed by atoms with van der Waals surface area (Å²) >= 11 is 6.03. The van der Waals surface area contributed by atoms with Gasteiger partial charge in [-0.05, 0) is 23.8 Å². The van der Waals surface area contributed by atoms with Gasteiger partial charge in [-0.3, -0.25) is 9.59 Å². The molecule has 1 heterocycles. The Hall–Kier alpha value is -2.47. The number of aliphatic carboxylic acids is 1. The van der Waals surface area contributed by atoms with Gasteiger partial charge >= 0.3 is 5.97 Å². The highest BCUT2D eigenvalue weighted by Crippen LogP contribution is 2.25. The van der Waals surface area contributed by atoms with E-state index in [9.17, 15) is 14.0 Å². The fraction of sp³-hybridized carbons (Fsp3) is 0.133. The van der Waals surface area contributed by atoms with Crippen molar-refractivity contribution in [3.63, 3.8) is 0 Å². The molecule has 0 spiro atoms. The summed E-state index contributed by atoms with van der Waals surface area (Å²) in [5, 5.41) is 11.8. The minimum atomic E-state index is -1.12. The molecule has 1 aromatic heterocycles. The van der Waals surface area contributed by atoms with Crippen LogP contribution in [0.15, 0.2) is 42.6 Å². The van der Waals surface area contributed by atoms with Crippen LogP contribution in [-0.4, -0.2) is 22.0 Å². The third kappa shape index (κ3) is 3.79. The fourth-order valence-electron chi connectivity index (χ4n) is 1.95. The second-order valence-corrected chi connectivity index (χ2v) is 4.89. The monoisotopic (exact) mass is 322 g/mol. The van der Waals surface area contributed by atoms with Crippen LogP contribution >= 0.6 is 11.6 Å². The Bertz CT molecular complexity index is 709. The third-order valence-electron chi connectivity index (χ3n) is 2.94. The number of benzene rings is 1. The lowest BCUT2D eigenvalue weighted by atomic mass is 10.0. The van der Waals surface area contributed by atoms with Crippen LogP contribution in [0.1, 0.15) is 28.5 Å². The van der Waals surface area contributed by atoms with Crippen LogP contribution in [0.3, 0.4) is 0 Å². The highest BCUT2D eigenvalue weighted by atomic mass is 35.5. The molecule has 1 amide bonds. The summed E-state index contributed by atoms with van der Waals surface area (Å²) in [6.07, 6.45) is 0.892. The molecule has 2 rings (SSSR count). The number of carbonyl (C=O) groups is 2. The highest BCUT2D eigenvalue weighted by molar-refractivity contribution is 6.31. The first-order chi connectivity index (χ1) is 10.5. The van der Waals surface area contributed by atoms with Gasteiger partial charge in [0.15, 0.2) is 11.5 Å². The Morgan fingerprint density at radius 2 is 2.00 bits per heavy atom. The van der Waals surface area contributed by atoms with Crippen molar-refractivity contribution in [2.75, 3.05) is 0 Å². The van der Waals surface area contributed by atoms with Crippen molar-refractivity contribution in [2.45, 2.75) is 12.5 Å².